The summed E-state index contributed by atoms with van der Waals surface area (Å²) in [6.45, 7) is 5.17. The quantitative estimate of drug-likeness (QED) is 0.830. The lowest BCUT2D eigenvalue weighted by Crippen LogP contribution is -2.32. The Balaban J connectivity index is 2.26. The van der Waals surface area contributed by atoms with E-state index < -0.39 is 12.1 Å². The molecule has 4 nitrogen and oxygen atoms in total. The van der Waals surface area contributed by atoms with Gasteiger partial charge in [-0.2, -0.15) is 0 Å². The third-order valence-electron chi connectivity index (χ3n) is 3.80. The van der Waals surface area contributed by atoms with Gasteiger partial charge in [0.15, 0.2) is 11.9 Å². The Bertz CT molecular complexity index is 644. The number of ether oxygens (including phenoxy) is 1. The number of carbonyl (C=O) groups excluding carboxylic acids is 2. The molecule has 0 aliphatic carbocycles. The van der Waals surface area contributed by atoms with Gasteiger partial charge in [-0.25, -0.2) is 0 Å². The van der Waals surface area contributed by atoms with Crippen LogP contribution in [-0.4, -0.2) is 22.8 Å². The van der Waals surface area contributed by atoms with Crippen LogP contribution in [0.1, 0.15) is 32.8 Å². The number of aromatic amines is 1. The third-order valence-corrected chi connectivity index (χ3v) is 3.80. The van der Waals surface area contributed by atoms with Crippen molar-refractivity contribution in [2.75, 3.05) is 0 Å². The minimum atomic E-state index is -0.711. The SMILES string of the molecule is CC[C@H](C)C(=O)[C@H](Cc1c[nH]c2ccccc12)OC(C)=O. The first-order valence-corrected chi connectivity index (χ1v) is 7.28. The Morgan fingerprint density at radius 3 is 2.67 bits per heavy atom. The summed E-state index contributed by atoms with van der Waals surface area (Å²) in [7, 11) is 0. The molecule has 1 aromatic heterocycles. The molecule has 0 aliphatic heterocycles. The van der Waals surface area contributed by atoms with Crippen LogP contribution < -0.4 is 0 Å². The number of para-hydroxylation sites is 1. The number of aromatic nitrogens is 1. The molecule has 0 spiro atoms. The van der Waals surface area contributed by atoms with E-state index in [4.69, 9.17) is 4.74 Å². The van der Waals surface area contributed by atoms with Crippen LogP contribution in [-0.2, 0) is 20.7 Å². The number of H-pyrrole nitrogens is 1. The molecule has 1 heterocycles. The Morgan fingerprint density at radius 2 is 2.00 bits per heavy atom. The topological polar surface area (TPSA) is 59.2 Å². The van der Waals surface area contributed by atoms with E-state index >= 15 is 0 Å². The first-order valence-electron chi connectivity index (χ1n) is 7.28. The van der Waals surface area contributed by atoms with Crippen molar-refractivity contribution in [1.29, 1.82) is 0 Å². The van der Waals surface area contributed by atoms with Gasteiger partial charge in [0.25, 0.3) is 0 Å². The lowest BCUT2D eigenvalue weighted by molar-refractivity contribution is -0.154. The van der Waals surface area contributed by atoms with Crippen LogP contribution in [0.5, 0.6) is 0 Å². The zero-order valence-electron chi connectivity index (χ0n) is 12.7. The average molecular weight is 287 g/mol. The van der Waals surface area contributed by atoms with Gasteiger partial charge in [-0.15, -0.1) is 0 Å². The number of fused-ring (bicyclic) bond motifs is 1. The maximum absolute atomic E-state index is 12.4. The lowest BCUT2D eigenvalue weighted by atomic mass is 9.95. The van der Waals surface area contributed by atoms with E-state index in [0.29, 0.717) is 6.42 Å². The number of esters is 1. The molecule has 0 aliphatic rings. The van der Waals surface area contributed by atoms with E-state index in [1.165, 1.54) is 6.92 Å². The van der Waals surface area contributed by atoms with Crippen molar-refractivity contribution >= 4 is 22.7 Å². The number of rotatable bonds is 6. The van der Waals surface area contributed by atoms with Crippen LogP contribution in [0.15, 0.2) is 30.5 Å². The lowest BCUT2D eigenvalue weighted by Gasteiger charge is -2.18. The Morgan fingerprint density at radius 1 is 1.29 bits per heavy atom. The summed E-state index contributed by atoms with van der Waals surface area (Å²) in [6, 6.07) is 7.89. The number of carbonyl (C=O) groups is 2. The van der Waals surface area contributed by atoms with Crippen molar-refractivity contribution in [3.05, 3.63) is 36.0 Å². The van der Waals surface area contributed by atoms with Crippen LogP contribution in [0, 0.1) is 5.92 Å². The second-order valence-electron chi connectivity index (χ2n) is 5.37. The normalized spacial score (nSPS) is 13.9. The van der Waals surface area contributed by atoms with Gasteiger partial charge in [0.1, 0.15) is 0 Å². The average Bonchev–Trinajstić information content (AvgIpc) is 2.88. The number of hydrogen-bond acceptors (Lipinski definition) is 3. The van der Waals surface area contributed by atoms with Crippen molar-refractivity contribution in [2.24, 2.45) is 5.92 Å². The molecular weight excluding hydrogens is 266 g/mol. The van der Waals surface area contributed by atoms with E-state index in [2.05, 4.69) is 4.98 Å². The first-order chi connectivity index (χ1) is 10.0. The van der Waals surface area contributed by atoms with E-state index in [-0.39, 0.29) is 11.7 Å². The fraction of sp³-hybridized carbons (Fsp3) is 0.412. The molecule has 0 amide bonds. The number of benzene rings is 1. The van der Waals surface area contributed by atoms with Crippen molar-refractivity contribution < 1.29 is 14.3 Å². The summed E-state index contributed by atoms with van der Waals surface area (Å²) >= 11 is 0. The van der Waals surface area contributed by atoms with Crippen molar-refractivity contribution in [2.45, 2.75) is 39.7 Å². The summed E-state index contributed by atoms with van der Waals surface area (Å²) in [6.07, 6.45) is 2.32. The summed E-state index contributed by atoms with van der Waals surface area (Å²) in [5.74, 6) is -0.547. The highest BCUT2D eigenvalue weighted by molar-refractivity contribution is 5.89. The van der Waals surface area contributed by atoms with Crippen LogP contribution in [0.3, 0.4) is 0 Å². The van der Waals surface area contributed by atoms with E-state index in [1.807, 2.05) is 44.3 Å². The molecule has 0 bridgehead atoms. The van der Waals surface area contributed by atoms with Gasteiger partial charge < -0.3 is 9.72 Å². The minimum Gasteiger partial charge on any atom is -0.454 e. The maximum Gasteiger partial charge on any atom is 0.303 e. The molecule has 0 unspecified atom stereocenters. The van der Waals surface area contributed by atoms with Crippen molar-refractivity contribution in [1.82, 2.24) is 4.98 Å². The van der Waals surface area contributed by atoms with E-state index in [9.17, 15) is 9.59 Å². The van der Waals surface area contributed by atoms with Crippen LogP contribution >= 0.6 is 0 Å². The maximum atomic E-state index is 12.4. The zero-order valence-corrected chi connectivity index (χ0v) is 12.7. The minimum absolute atomic E-state index is 0.0158. The molecule has 2 rings (SSSR count). The van der Waals surface area contributed by atoms with Crippen LogP contribution in [0.25, 0.3) is 10.9 Å². The highest BCUT2D eigenvalue weighted by Crippen LogP contribution is 2.21. The largest absolute Gasteiger partial charge is 0.454 e. The Labute approximate surface area is 124 Å². The summed E-state index contributed by atoms with van der Waals surface area (Å²) in [4.78, 5) is 26.8. The fourth-order valence-corrected chi connectivity index (χ4v) is 2.42. The first kappa shape index (κ1) is 15.3. The van der Waals surface area contributed by atoms with Gasteiger partial charge in [-0.05, 0) is 18.1 Å². The van der Waals surface area contributed by atoms with Crippen molar-refractivity contribution in [3.8, 4) is 0 Å². The van der Waals surface area contributed by atoms with Gasteiger partial charge >= 0.3 is 5.97 Å². The second kappa shape index (κ2) is 6.57. The summed E-state index contributed by atoms with van der Waals surface area (Å²) in [5, 5.41) is 1.06. The van der Waals surface area contributed by atoms with Crippen LogP contribution in [0.2, 0.25) is 0 Å². The predicted molar refractivity (Wildman–Crippen MR) is 82.0 cm³/mol. The second-order valence-corrected chi connectivity index (χ2v) is 5.37. The molecule has 0 saturated carbocycles. The molecule has 0 radical (unpaired) electrons. The van der Waals surface area contributed by atoms with Crippen LogP contribution in [0.4, 0.5) is 0 Å². The molecule has 112 valence electrons. The molecule has 2 atom stereocenters. The monoisotopic (exact) mass is 287 g/mol. The zero-order chi connectivity index (χ0) is 15.4. The highest BCUT2D eigenvalue weighted by atomic mass is 16.5. The molecule has 1 aromatic carbocycles. The van der Waals surface area contributed by atoms with E-state index in [0.717, 1.165) is 22.9 Å². The van der Waals surface area contributed by atoms with Gasteiger partial charge in [-0.1, -0.05) is 32.0 Å². The molecule has 0 saturated heterocycles. The fourth-order valence-electron chi connectivity index (χ4n) is 2.42. The number of hydrogen-bond donors (Lipinski definition) is 1. The van der Waals surface area contributed by atoms with Gasteiger partial charge in [0.05, 0.1) is 0 Å². The van der Waals surface area contributed by atoms with Gasteiger partial charge in [0.2, 0.25) is 0 Å². The molecule has 2 aromatic rings. The summed E-state index contributed by atoms with van der Waals surface area (Å²) in [5.41, 5.74) is 2.01. The van der Waals surface area contributed by atoms with Gasteiger partial charge in [-0.3, -0.25) is 9.59 Å². The highest BCUT2D eigenvalue weighted by Gasteiger charge is 2.26. The standard InChI is InChI=1S/C17H21NO3/c1-4-11(2)17(20)16(21-12(3)19)9-13-10-18-15-8-6-5-7-14(13)15/h5-8,10-11,16,18H,4,9H2,1-3H3/t11-,16-/m0/s1. The molecular formula is C17H21NO3. The number of Topliss-reactive ketones (excluding diaryl/α,β-unsaturated/α-hetero) is 1. The molecule has 0 fully saturated rings. The Kier molecular flexibility index (Phi) is 4.78. The molecule has 21 heavy (non-hydrogen) atoms. The Hall–Kier alpha value is -2.10. The third kappa shape index (κ3) is 3.51. The van der Waals surface area contributed by atoms with E-state index in [1.54, 1.807) is 0 Å². The van der Waals surface area contributed by atoms with Crippen molar-refractivity contribution in [3.63, 3.8) is 0 Å². The molecule has 4 heteroatoms. The summed E-state index contributed by atoms with van der Waals surface area (Å²) < 4.78 is 5.25. The smallest absolute Gasteiger partial charge is 0.303 e. The number of ketones is 1. The predicted octanol–water partition coefficient (Wildman–Crippen LogP) is 3.26. The number of nitrogens with one attached hydrogen (secondary N) is 1. The van der Waals surface area contributed by atoms with Gasteiger partial charge in [0, 0.05) is 36.4 Å². The molecule has 1 N–H and O–H groups in total.